The van der Waals surface area contributed by atoms with E-state index in [1.807, 2.05) is 47.4 Å². The molecular weight excluding hydrogens is 360 g/mol. The Morgan fingerprint density at radius 2 is 1.93 bits per heavy atom. The van der Waals surface area contributed by atoms with Gasteiger partial charge in [-0.1, -0.05) is 36.4 Å². The van der Waals surface area contributed by atoms with E-state index in [9.17, 15) is 4.79 Å². The van der Waals surface area contributed by atoms with Gasteiger partial charge in [-0.25, -0.2) is 4.98 Å². The molecule has 1 amide bonds. The summed E-state index contributed by atoms with van der Waals surface area (Å²) in [6, 6.07) is 22.1. The van der Waals surface area contributed by atoms with Gasteiger partial charge in [0.2, 0.25) is 0 Å². The van der Waals surface area contributed by atoms with Crippen LogP contribution in [0.25, 0.3) is 22.3 Å². The number of aromatic nitrogens is 3. The summed E-state index contributed by atoms with van der Waals surface area (Å²) in [5.74, 6) is 0.331. The van der Waals surface area contributed by atoms with Gasteiger partial charge in [0.15, 0.2) is 0 Å². The van der Waals surface area contributed by atoms with Crippen molar-refractivity contribution in [2.75, 3.05) is 13.1 Å². The molecule has 1 aliphatic heterocycles. The Balaban J connectivity index is 1.37. The van der Waals surface area contributed by atoms with Crippen LogP contribution in [0.1, 0.15) is 34.8 Å². The molecule has 144 valence electrons. The number of imidazole rings is 1. The molecule has 0 aliphatic carbocycles. The molecule has 1 saturated heterocycles. The van der Waals surface area contributed by atoms with E-state index in [1.165, 1.54) is 0 Å². The monoisotopic (exact) mass is 382 g/mol. The number of aromatic amines is 1. The van der Waals surface area contributed by atoms with Gasteiger partial charge in [0, 0.05) is 35.8 Å². The molecule has 5 rings (SSSR count). The third kappa shape index (κ3) is 3.51. The van der Waals surface area contributed by atoms with Crippen molar-refractivity contribution in [3.8, 4) is 11.3 Å². The quantitative estimate of drug-likeness (QED) is 0.561. The number of H-pyrrole nitrogens is 1. The minimum absolute atomic E-state index is 0.0745. The van der Waals surface area contributed by atoms with E-state index in [0.717, 1.165) is 47.4 Å². The Morgan fingerprint density at radius 1 is 1.03 bits per heavy atom. The van der Waals surface area contributed by atoms with E-state index >= 15 is 0 Å². The molecule has 1 atom stereocenters. The van der Waals surface area contributed by atoms with Crippen LogP contribution in [-0.4, -0.2) is 38.8 Å². The number of pyridine rings is 1. The molecule has 1 aliphatic rings. The molecule has 0 unspecified atom stereocenters. The number of amides is 1. The van der Waals surface area contributed by atoms with Crippen LogP contribution in [0, 0.1) is 0 Å². The van der Waals surface area contributed by atoms with Gasteiger partial charge in [-0.15, -0.1) is 0 Å². The number of nitrogens with zero attached hydrogens (tertiary/aromatic N) is 3. The van der Waals surface area contributed by atoms with Gasteiger partial charge in [0.05, 0.1) is 23.1 Å². The summed E-state index contributed by atoms with van der Waals surface area (Å²) in [6.07, 6.45) is 3.69. The summed E-state index contributed by atoms with van der Waals surface area (Å²) in [6.45, 7) is 1.49. The Bertz CT molecular complexity index is 1150. The number of fused-ring (bicyclic) bond motifs is 1. The van der Waals surface area contributed by atoms with Crippen LogP contribution < -0.4 is 0 Å². The van der Waals surface area contributed by atoms with Crippen molar-refractivity contribution in [3.05, 3.63) is 84.3 Å². The first-order valence-electron chi connectivity index (χ1n) is 10.0. The maximum absolute atomic E-state index is 13.1. The maximum atomic E-state index is 13.1. The number of benzene rings is 2. The third-order valence-electron chi connectivity index (χ3n) is 5.63. The highest BCUT2D eigenvalue weighted by atomic mass is 16.2. The summed E-state index contributed by atoms with van der Waals surface area (Å²) < 4.78 is 0. The molecule has 2 aromatic carbocycles. The SMILES string of the molecule is O=C(c1ccc2nc[nH]c2c1)N1CCC[C@H](c2cccc(-c3ccccc3)n2)C1. The van der Waals surface area contributed by atoms with Crippen molar-refractivity contribution in [1.82, 2.24) is 19.9 Å². The topological polar surface area (TPSA) is 61.9 Å². The number of nitrogens with one attached hydrogen (secondary N) is 1. The molecule has 0 radical (unpaired) electrons. The highest BCUT2D eigenvalue weighted by molar-refractivity contribution is 5.97. The average molecular weight is 382 g/mol. The van der Waals surface area contributed by atoms with E-state index in [0.29, 0.717) is 12.1 Å². The lowest BCUT2D eigenvalue weighted by molar-refractivity contribution is 0.0706. The lowest BCUT2D eigenvalue weighted by Crippen LogP contribution is -2.39. The highest BCUT2D eigenvalue weighted by Crippen LogP contribution is 2.28. The first kappa shape index (κ1) is 17.6. The molecule has 0 saturated carbocycles. The van der Waals surface area contributed by atoms with Crippen LogP contribution in [0.15, 0.2) is 73.1 Å². The van der Waals surface area contributed by atoms with Gasteiger partial charge in [-0.2, -0.15) is 0 Å². The van der Waals surface area contributed by atoms with E-state index in [-0.39, 0.29) is 11.8 Å². The van der Waals surface area contributed by atoms with Crippen molar-refractivity contribution >= 4 is 16.9 Å². The molecule has 5 nitrogen and oxygen atoms in total. The Morgan fingerprint density at radius 3 is 2.83 bits per heavy atom. The van der Waals surface area contributed by atoms with Crippen molar-refractivity contribution in [3.63, 3.8) is 0 Å². The fraction of sp³-hybridized carbons (Fsp3) is 0.208. The Hall–Kier alpha value is -3.47. The van der Waals surface area contributed by atoms with Crippen LogP contribution >= 0.6 is 0 Å². The second-order valence-corrected chi connectivity index (χ2v) is 7.54. The zero-order valence-electron chi connectivity index (χ0n) is 16.1. The predicted octanol–water partition coefficient (Wildman–Crippen LogP) is 4.64. The first-order valence-corrected chi connectivity index (χ1v) is 10.0. The van der Waals surface area contributed by atoms with E-state index in [4.69, 9.17) is 4.98 Å². The zero-order chi connectivity index (χ0) is 19.6. The van der Waals surface area contributed by atoms with Gasteiger partial charge in [-0.3, -0.25) is 9.78 Å². The van der Waals surface area contributed by atoms with Crippen molar-refractivity contribution < 1.29 is 4.79 Å². The van der Waals surface area contributed by atoms with Crippen molar-refractivity contribution in [2.24, 2.45) is 0 Å². The highest BCUT2D eigenvalue weighted by Gasteiger charge is 2.26. The van der Waals surface area contributed by atoms with Crippen LogP contribution in [0.2, 0.25) is 0 Å². The average Bonchev–Trinajstić information content (AvgIpc) is 3.27. The van der Waals surface area contributed by atoms with E-state index in [1.54, 1.807) is 6.33 Å². The van der Waals surface area contributed by atoms with Crippen LogP contribution in [-0.2, 0) is 0 Å². The lowest BCUT2D eigenvalue weighted by Gasteiger charge is -2.32. The number of hydrogen-bond donors (Lipinski definition) is 1. The Labute approximate surface area is 169 Å². The number of piperidine rings is 1. The fourth-order valence-electron chi connectivity index (χ4n) is 4.10. The number of carbonyl (C=O) groups excluding carboxylic acids is 1. The Kier molecular flexibility index (Phi) is 4.56. The summed E-state index contributed by atoms with van der Waals surface area (Å²) in [4.78, 5) is 27.3. The molecule has 0 bridgehead atoms. The minimum atomic E-state index is 0.0745. The number of carbonyl (C=O) groups is 1. The largest absolute Gasteiger partial charge is 0.345 e. The summed E-state index contributed by atoms with van der Waals surface area (Å²) in [5.41, 5.74) is 5.63. The van der Waals surface area contributed by atoms with Crippen molar-refractivity contribution in [1.29, 1.82) is 0 Å². The molecular formula is C24H22N4O. The van der Waals surface area contributed by atoms with Crippen molar-refractivity contribution in [2.45, 2.75) is 18.8 Å². The van der Waals surface area contributed by atoms with E-state index in [2.05, 4.69) is 34.2 Å². The third-order valence-corrected chi connectivity index (χ3v) is 5.63. The van der Waals surface area contributed by atoms with Crippen LogP contribution in [0.3, 0.4) is 0 Å². The standard InChI is InChI=1S/C24H22N4O/c29-24(18-11-12-22-23(14-18)26-16-25-22)28-13-5-8-19(15-28)21-10-4-9-20(27-21)17-6-2-1-3-7-17/h1-4,6-7,9-12,14,16,19H,5,8,13,15H2,(H,25,26)/t19-/m0/s1. The van der Waals surface area contributed by atoms with Gasteiger partial charge in [0.1, 0.15) is 0 Å². The van der Waals surface area contributed by atoms with Gasteiger partial charge in [0.25, 0.3) is 5.91 Å². The molecule has 1 fully saturated rings. The maximum Gasteiger partial charge on any atom is 0.253 e. The summed E-state index contributed by atoms with van der Waals surface area (Å²) in [5, 5.41) is 0. The number of likely N-dealkylation sites (tertiary alicyclic amines) is 1. The number of rotatable bonds is 3. The van der Waals surface area contributed by atoms with E-state index < -0.39 is 0 Å². The number of hydrogen-bond acceptors (Lipinski definition) is 3. The minimum Gasteiger partial charge on any atom is -0.345 e. The first-order chi connectivity index (χ1) is 14.3. The van der Waals surface area contributed by atoms with Gasteiger partial charge < -0.3 is 9.88 Å². The zero-order valence-corrected chi connectivity index (χ0v) is 16.1. The lowest BCUT2D eigenvalue weighted by atomic mass is 9.93. The molecule has 5 heteroatoms. The second-order valence-electron chi connectivity index (χ2n) is 7.54. The van der Waals surface area contributed by atoms with Gasteiger partial charge >= 0.3 is 0 Å². The second kappa shape index (κ2) is 7.51. The fourth-order valence-corrected chi connectivity index (χ4v) is 4.10. The summed E-state index contributed by atoms with van der Waals surface area (Å²) >= 11 is 0. The predicted molar refractivity (Wildman–Crippen MR) is 114 cm³/mol. The molecule has 1 N–H and O–H groups in total. The molecule has 4 aromatic rings. The summed E-state index contributed by atoms with van der Waals surface area (Å²) in [7, 11) is 0. The smallest absolute Gasteiger partial charge is 0.253 e. The molecule has 2 aromatic heterocycles. The molecule has 29 heavy (non-hydrogen) atoms. The molecule has 3 heterocycles. The normalized spacial score (nSPS) is 16.8. The van der Waals surface area contributed by atoms with Crippen LogP contribution in [0.4, 0.5) is 0 Å². The van der Waals surface area contributed by atoms with Gasteiger partial charge in [-0.05, 0) is 43.2 Å². The van der Waals surface area contributed by atoms with Crippen LogP contribution in [0.5, 0.6) is 0 Å². The molecule has 0 spiro atoms.